The van der Waals surface area contributed by atoms with Crippen LogP contribution in [0.3, 0.4) is 0 Å². The summed E-state index contributed by atoms with van der Waals surface area (Å²) in [6.07, 6.45) is 1.38. The Morgan fingerprint density at radius 2 is 1.74 bits per heavy atom. The summed E-state index contributed by atoms with van der Waals surface area (Å²) in [5.74, 6) is -0.525. The van der Waals surface area contributed by atoms with Crippen molar-refractivity contribution in [1.29, 1.82) is 0 Å². The molecule has 2 aromatic carbocycles. The van der Waals surface area contributed by atoms with E-state index in [1.54, 1.807) is 60.1 Å². The molecule has 1 amide bonds. The number of para-hydroxylation sites is 2. The first-order valence-electron chi connectivity index (χ1n) is 10.9. The predicted octanol–water partition coefficient (Wildman–Crippen LogP) is 5.11. The summed E-state index contributed by atoms with van der Waals surface area (Å²) in [5, 5.41) is 10.7. The number of hydrogen-bond acceptors (Lipinski definition) is 7. The van der Waals surface area contributed by atoms with E-state index in [0.717, 1.165) is 11.4 Å². The number of rotatable bonds is 7. The second kappa shape index (κ2) is 10.4. The average molecular weight is 491 g/mol. The topological polar surface area (TPSA) is 111 Å². The van der Waals surface area contributed by atoms with Crippen molar-refractivity contribution in [1.82, 2.24) is 19.7 Å². The highest BCUT2D eigenvalue weighted by Crippen LogP contribution is 2.26. The fourth-order valence-corrected chi connectivity index (χ4v) is 3.61. The van der Waals surface area contributed by atoms with Crippen LogP contribution in [-0.4, -0.2) is 38.2 Å². The molecule has 0 atom stereocenters. The highest BCUT2D eigenvalue weighted by Gasteiger charge is 2.20. The van der Waals surface area contributed by atoms with Gasteiger partial charge in [0.25, 0.3) is 11.9 Å². The van der Waals surface area contributed by atoms with Crippen LogP contribution < -0.4 is 10.6 Å². The lowest BCUT2D eigenvalue weighted by atomic mass is 10.1. The van der Waals surface area contributed by atoms with E-state index in [1.165, 1.54) is 6.20 Å². The molecule has 0 radical (unpaired) electrons. The van der Waals surface area contributed by atoms with Crippen molar-refractivity contribution < 1.29 is 14.3 Å². The van der Waals surface area contributed by atoms with Crippen molar-refractivity contribution in [3.8, 4) is 5.95 Å². The largest absolute Gasteiger partial charge is 0.462 e. The van der Waals surface area contributed by atoms with Crippen LogP contribution in [0.25, 0.3) is 5.95 Å². The molecule has 10 heteroatoms. The van der Waals surface area contributed by atoms with E-state index in [9.17, 15) is 9.59 Å². The van der Waals surface area contributed by atoms with Crippen molar-refractivity contribution in [3.63, 3.8) is 0 Å². The Kier molecular flexibility index (Phi) is 7.07. The molecule has 178 valence electrons. The zero-order valence-electron chi connectivity index (χ0n) is 19.4. The van der Waals surface area contributed by atoms with Crippen LogP contribution in [0.5, 0.6) is 0 Å². The molecule has 0 saturated carbocycles. The monoisotopic (exact) mass is 490 g/mol. The number of benzene rings is 2. The number of nitrogens with zero attached hydrogens (tertiary/aromatic N) is 4. The van der Waals surface area contributed by atoms with E-state index in [1.807, 2.05) is 19.9 Å². The molecule has 2 aromatic heterocycles. The maximum absolute atomic E-state index is 13.1. The van der Waals surface area contributed by atoms with E-state index in [-0.39, 0.29) is 29.8 Å². The van der Waals surface area contributed by atoms with Gasteiger partial charge >= 0.3 is 5.97 Å². The molecule has 0 fully saturated rings. The third kappa shape index (κ3) is 5.30. The number of carbonyl (C=O) groups is 2. The van der Waals surface area contributed by atoms with Crippen LogP contribution in [0, 0.1) is 13.8 Å². The van der Waals surface area contributed by atoms with Crippen molar-refractivity contribution >= 4 is 40.7 Å². The average Bonchev–Trinajstić information content (AvgIpc) is 3.18. The number of ether oxygens (including phenoxy) is 1. The zero-order chi connectivity index (χ0) is 24.9. The van der Waals surface area contributed by atoms with Gasteiger partial charge in [-0.05, 0) is 51.1 Å². The highest BCUT2D eigenvalue weighted by atomic mass is 35.5. The van der Waals surface area contributed by atoms with Gasteiger partial charge in [-0.2, -0.15) is 10.1 Å². The summed E-state index contributed by atoms with van der Waals surface area (Å²) in [4.78, 5) is 34.5. The first-order valence-corrected chi connectivity index (χ1v) is 11.2. The Morgan fingerprint density at radius 3 is 2.43 bits per heavy atom. The molecule has 0 aliphatic carbocycles. The number of carbonyl (C=O) groups excluding carboxylic acids is 2. The summed E-state index contributed by atoms with van der Waals surface area (Å²) in [6, 6.07) is 15.7. The predicted molar refractivity (Wildman–Crippen MR) is 134 cm³/mol. The third-order valence-electron chi connectivity index (χ3n) is 5.02. The van der Waals surface area contributed by atoms with Gasteiger partial charge in [-0.25, -0.2) is 14.5 Å². The normalized spacial score (nSPS) is 10.6. The van der Waals surface area contributed by atoms with Gasteiger partial charge in [0.2, 0.25) is 0 Å². The summed E-state index contributed by atoms with van der Waals surface area (Å²) in [7, 11) is 0. The van der Waals surface area contributed by atoms with Gasteiger partial charge in [0.05, 0.1) is 34.3 Å². The Labute approximate surface area is 207 Å². The summed E-state index contributed by atoms with van der Waals surface area (Å²) in [6.45, 7) is 5.65. The standard InChI is InChI=1S/C25H23ClN6O3/c1-4-35-24(34)18-14-27-25(32-16(3)13-15(2)31-32)30-22(18)28-20-11-7-5-9-17(20)23(33)29-21-12-8-6-10-19(21)26/h5-14H,4H2,1-3H3,(H,29,33)(H,27,28,30). The molecule has 35 heavy (non-hydrogen) atoms. The molecule has 0 bridgehead atoms. The van der Waals surface area contributed by atoms with Gasteiger partial charge in [0.15, 0.2) is 5.82 Å². The molecule has 9 nitrogen and oxygen atoms in total. The number of aryl methyl sites for hydroxylation is 2. The molecule has 2 heterocycles. The fraction of sp³-hybridized carbons (Fsp3) is 0.160. The molecular weight excluding hydrogens is 468 g/mol. The van der Waals surface area contributed by atoms with Crippen LogP contribution in [0.4, 0.5) is 17.2 Å². The quantitative estimate of drug-likeness (QED) is 0.346. The molecule has 4 aromatic rings. The Morgan fingerprint density at radius 1 is 1.03 bits per heavy atom. The minimum absolute atomic E-state index is 0.124. The summed E-state index contributed by atoms with van der Waals surface area (Å²) < 4.78 is 6.75. The number of hydrogen-bond donors (Lipinski definition) is 2. The van der Waals surface area contributed by atoms with Crippen LogP contribution in [-0.2, 0) is 4.74 Å². The lowest BCUT2D eigenvalue weighted by Crippen LogP contribution is -2.16. The van der Waals surface area contributed by atoms with Crippen LogP contribution in [0.15, 0.2) is 60.8 Å². The maximum atomic E-state index is 13.1. The van der Waals surface area contributed by atoms with E-state index >= 15 is 0 Å². The van der Waals surface area contributed by atoms with E-state index in [2.05, 4.69) is 25.7 Å². The number of aromatic nitrogens is 4. The molecule has 0 saturated heterocycles. The molecule has 0 aliphatic rings. The number of amides is 1. The van der Waals surface area contributed by atoms with Gasteiger partial charge in [-0.15, -0.1) is 0 Å². The van der Waals surface area contributed by atoms with Gasteiger partial charge in [0, 0.05) is 11.9 Å². The molecule has 0 aliphatic heterocycles. The Balaban J connectivity index is 1.73. The highest BCUT2D eigenvalue weighted by molar-refractivity contribution is 6.34. The Bertz CT molecular complexity index is 1400. The van der Waals surface area contributed by atoms with Gasteiger partial charge in [-0.1, -0.05) is 35.9 Å². The summed E-state index contributed by atoms with van der Waals surface area (Å²) >= 11 is 6.19. The third-order valence-corrected chi connectivity index (χ3v) is 5.35. The fourth-order valence-electron chi connectivity index (χ4n) is 3.43. The molecular formula is C25H23ClN6O3. The van der Waals surface area contributed by atoms with E-state index in [0.29, 0.717) is 22.0 Å². The SMILES string of the molecule is CCOC(=O)c1cnc(-n2nc(C)cc2C)nc1Nc1ccccc1C(=O)Nc1ccccc1Cl. The first-order chi connectivity index (χ1) is 16.9. The molecule has 2 N–H and O–H groups in total. The van der Waals surface area contributed by atoms with Crippen LogP contribution >= 0.6 is 11.6 Å². The number of halogens is 1. The van der Waals surface area contributed by atoms with E-state index in [4.69, 9.17) is 16.3 Å². The van der Waals surface area contributed by atoms with Crippen molar-refractivity contribution in [2.75, 3.05) is 17.2 Å². The van der Waals surface area contributed by atoms with Gasteiger partial charge < -0.3 is 15.4 Å². The second-order valence-electron chi connectivity index (χ2n) is 7.60. The number of nitrogens with one attached hydrogen (secondary N) is 2. The van der Waals surface area contributed by atoms with Gasteiger partial charge in [0.1, 0.15) is 5.56 Å². The van der Waals surface area contributed by atoms with Crippen LogP contribution in [0.1, 0.15) is 39.0 Å². The molecule has 0 spiro atoms. The Hall–Kier alpha value is -4.24. The molecule has 0 unspecified atom stereocenters. The molecule has 4 rings (SSSR count). The zero-order valence-corrected chi connectivity index (χ0v) is 20.1. The van der Waals surface area contributed by atoms with Crippen LogP contribution in [0.2, 0.25) is 5.02 Å². The smallest absolute Gasteiger partial charge is 0.343 e. The minimum Gasteiger partial charge on any atom is -0.462 e. The van der Waals surface area contributed by atoms with E-state index < -0.39 is 5.97 Å². The van der Waals surface area contributed by atoms with Gasteiger partial charge in [-0.3, -0.25) is 4.79 Å². The number of anilines is 3. The van der Waals surface area contributed by atoms with Crippen molar-refractivity contribution in [2.24, 2.45) is 0 Å². The lowest BCUT2D eigenvalue weighted by molar-refractivity contribution is 0.0526. The number of esters is 1. The van der Waals surface area contributed by atoms with Crippen molar-refractivity contribution in [3.05, 3.63) is 88.3 Å². The lowest BCUT2D eigenvalue weighted by Gasteiger charge is -2.15. The minimum atomic E-state index is -0.590. The summed E-state index contributed by atoms with van der Waals surface area (Å²) in [5.41, 5.74) is 3.00. The maximum Gasteiger partial charge on any atom is 0.343 e. The van der Waals surface area contributed by atoms with Crippen molar-refractivity contribution in [2.45, 2.75) is 20.8 Å². The first kappa shape index (κ1) is 23.9. The second-order valence-corrected chi connectivity index (χ2v) is 8.00.